The van der Waals surface area contributed by atoms with Crippen molar-refractivity contribution in [1.29, 1.82) is 0 Å². The van der Waals surface area contributed by atoms with Gasteiger partial charge in [-0.05, 0) is 38.3 Å². The first-order chi connectivity index (χ1) is 7.86. The third-order valence-corrected chi connectivity index (χ3v) is 4.54. The number of hydrogen-bond donors (Lipinski definition) is 1. The number of thiazole rings is 1. The van der Waals surface area contributed by atoms with Crippen molar-refractivity contribution in [3.05, 3.63) is 16.1 Å². The molecule has 0 spiro atoms. The zero-order valence-corrected chi connectivity index (χ0v) is 11.6. The fraction of sp³-hybridized carbons (Fsp3) is 0.750. The van der Waals surface area contributed by atoms with Crippen LogP contribution < -0.4 is 5.73 Å². The lowest BCUT2D eigenvalue weighted by Gasteiger charge is -2.15. The topological polar surface area (TPSA) is 42.1 Å². The van der Waals surface area contributed by atoms with E-state index >= 15 is 0 Å². The highest BCUT2D eigenvalue weighted by molar-refractivity contribution is 7.09. The fourth-order valence-electron chi connectivity index (χ4n) is 2.54. The van der Waals surface area contributed by atoms with E-state index in [0.29, 0.717) is 0 Å². The summed E-state index contributed by atoms with van der Waals surface area (Å²) >= 11 is 1.83. The van der Waals surface area contributed by atoms with Gasteiger partial charge in [-0.2, -0.15) is 0 Å². The summed E-state index contributed by atoms with van der Waals surface area (Å²) in [5.74, 6) is 1.51. The number of rotatable bonds is 4. The van der Waals surface area contributed by atoms with Crippen LogP contribution in [-0.2, 0) is 6.54 Å². The fourth-order valence-corrected chi connectivity index (χ4v) is 3.43. The van der Waals surface area contributed by atoms with Crippen molar-refractivity contribution >= 4 is 23.7 Å². The molecule has 0 radical (unpaired) electrons. The minimum absolute atomic E-state index is 0. The van der Waals surface area contributed by atoms with Gasteiger partial charge in [0.1, 0.15) is 0 Å². The van der Waals surface area contributed by atoms with Gasteiger partial charge in [0.05, 0.1) is 11.2 Å². The van der Waals surface area contributed by atoms with Crippen LogP contribution in [0, 0.1) is 5.92 Å². The number of halogens is 1. The first-order valence-electron chi connectivity index (χ1n) is 6.21. The minimum atomic E-state index is 0. The van der Waals surface area contributed by atoms with E-state index in [4.69, 9.17) is 5.73 Å². The van der Waals surface area contributed by atoms with Crippen LogP contribution in [0.4, 0.5) is 0 Å². The molecule has 1 saturated heterocycles. The van der Waals surface area contributed by atoms with Gasteiger partial charge in [-0.15, -0.1) is 23.7 Å². The first-order valence-corrected chi connectivity index (χ1v) is 7.09. The van der Waals surface area contributed by atoms with E-state index in [1.54, 1.807) is 0 Å². The summed E-state index contributed by atoms with van der Waals surface area (Å²) in [6.07, 6.45) is 3.97. The average Bonchev–Trinajstić information content (AvgIpc) is 2.88. The Labute approximate surface area is 113 Å². The average molecular weight is 274 g/mol. The van der Waals surface area contributed by atoms with Gasteiger partial charge in [-0.25, -0.2) is 4.98 Å². The second-order valence-corrected chi connectivity index (χ2v) is 6.00. The lowest BCUT2D eigenvalue weighted by Crippen LogP contribution is -2.22. The first kappa shape index (κ1) is 13.3. The van der Waals surface area contributed by atoms with E-state index in [-0.39, 0.29) is 12.4 Å². The van der Waals surface area contributed by atoms with Crippen molar-refractivity contribution in [1.82, 2.24) is 9.88 Å². The van der Waals surface area contributed by atoms with E-state index < -0.39 is 0 Å². The number of nitrogens with zero attached hydrogens (tertiary/aromatic N) is 2. The molecule has 1 aromatic heterocycles. The molecule has 5 heteroatoms. The molecular weight excluding hydrogens is 254 g/mol. The van der Waals surface area contributed by atoms with Crippen molar-refractivity contribution in [2.45, 2.75) is 31.7 Å². The van der Waals surface area contributed by atoms with Crippen molar-refractivity contribution < 1.29 is 0 Å². The molecule has 17 heavy (non-hydrogen) atoms. The molecule has 1 atom stereocenters. The summed E-state index contributed by atoms with van der Waals surface area (Å²) in [4.78, 5) is 8.57. The quantitative estimate of drug-likeness (QED) is 0.915. The third kappa shape index (κ3) is 2.99. The molecule has 1 aliphatic carbocycles. The maximum atomic E-state index is 5.72. The van der Waals surface area contributed by atoms with Gasteiger partial charge in [0.25, 0.3) is 0 Å². The molecule has 2 aliphatic rings. The summed E-state index contributed by atoms with van der Waals surface area (Å²) < 4.78 is 0. The van der Waals surface area contributed by atoms with E-state index in [0.717, 1.165) is 24.9 Å². The van der Waals surface area contributed by atoms with Crippen LogP contribution in [-0.4, -0.2) is 29.5 Å². The molecule has 3 nitrogen and oxygen atoms in total. The van der Waals surface area contributed by atoms with Crippen LogP contribution in [0.15, 0.2) is 5.51 Å². The molecule has 1 saturated carbocycles. The number of aromatic nitrogens is 1. The Kier molecular flexibility index (Phi) is 4.42. The smallest absolute Gasteiger partial charge is 0.0798 e. The lowest BCUT2D eigenvalue weighted by atomic mass is 10.1. The molecule has 2 N–H and O–H groups in total. The second-order valence-electron chi connectivity index (χ2n) is 5.06. The van der Waals surface area contributed by atoms with Gasteiger partial charge in [0.15, 0.2) is 0 Å². The maximum absolute atomic E-state index is 5.72. The largest absolute Gasteiger partial charge is 0.330 e. The molecule has 0 aromatic carbocycles. The van der Waals surface area contributed by atoms with E-state index in [2.05, 4.69) is 9.88 Å². The molecule has 3 rings (SSSR count). The van der Waals surface area contributed by atoms with E-state index in [1.165, 1.54) is 42.9 Å². The predicted molar refractivity (Wildman–Crippen MR) is 73.8 cm³/mol. The normalized spacial score (nSPS) is 24.9. The molecule has 1 aliphatic heterocycles. The van der Waals surface area contributed by atoms with Crippen molar-refractivity contribution in [3.63, 3.8) is 0 Å². The molecule has 96 valence electrons. The van der Waals surface area contributed by atoms with Crippen LogP contribution in [0.5, 0.6) is 0 Å². The molecule has 1 unspecified atom stereocenters. The lowest BCUT2D eigenvalue weighted by molar-refractivity contribution is 0.319. The van der Waals surface area contributed by atoms with Gasteiger partial charge < -0.3 is 5.73 Å². The van der Waals surface area contributed by atoms with Gasteiger partial charge in [0.2, 0.25) is 0 Å². The van der Waals surface area contributed by atoms with Crippen molar-refractivity contribution in [2.75, 3.05) is 19.6 Å². The Balaban J connectivity index is 0.00000108. The Hall–Kier alpha value is -0.160. The summed E-state index contributed by atoms with van der Waals surface area (Å²) in [6, 6.07) is 0. The molecular formula is C12H20ClN3S. The Morgan fingerprint density at radius 1 is 1.41 bits per heavy atom. The Bertz CT molecular complexity index is 364. The van der Waals surface area contributed by atoms with E-state index in [1.807, 2.05) is 16.8 Å². The second kappa shape index (κ2) is 5.65. The van der Waals surface area contributed by atoms with Crippen LogP contribution in [0.1, 0.15) is 35.8 Å². The van der Waals surface area contributed by atoms with E-state index in [9.17, 15) is 0 Å². The predicted octanol–water partition coefficient (Wildman–Crippen LogP) is 2.22. The van der Waals surface area contributed by atoms with Crippen LogP contribution in [0.3, 0.4) is 0 Å². The van der Waals surface area contributed by atoms with Gasteiger partial charge in [0, 0.05) is 23.9 Å². The molecule has 0 bridgehead atoms. The van der Waals surface area contributed by atoms with Crippen LogP contribution in [0.25, 0.3) is 0 Å². The summed E-state index contributed by atoms with van der Waals surface area (Å²) in [6.45, 7) is 4.34. The summed E-state index contributed by atoms with van der Waals surface area (Å²) in [5, 5.41) is 0. The number of hydrogen-bond acceptors (Lipinski definition) is 4. The standard InChI is InChI=1S/C12H19N3S.ClH/c13-5-9-3-4-15(6-9)7-11-12(10-1-2-10)14-8-16-11;/h8-10H,1-7,13H2;1H. The number of nitrogens with two attached hydrogens (primary N) is 1. The van der Waals surface area contributed by atoms with Gasteiger partial charge in [-0.3, -0.25) is 4.90 Å². The SMILES string of the molecule is Cl.NCC1CCN(Cc2scnc2C2CC2)C1. The van der Waals surface area contributed by atoms with Crippen LogP contribution >= 0.6 is 23.7 Å². The highest BCUT2D eigenvalue weighted by Crippen LogP contribution is 2.42. The number of likely N-dealkylation sites (tertiary alicyclic amines) is 1. The zero-order valence-electron chi connectivity index (χ0n) is 9.97. The molecule has 0 amide bonds. The summed E-state index contributed by atoms with van der Waals surface area (Å²) in [5.41, 5.74) is 9.12. The minimum Gasteiger partial charge on any atom is -0.330 e. The highest BCUT2D eigenvalue weighted by Gasteiger charge is 2.30. The Morgan fingerprint density at radius 3 is 2.88 bits per heavy atom. The third-order valence-electron chi connectivity index (χ3n) is 3.71. The Morgan fingerprint density at radius 2 is 2.24 bits per heavy atom. The maximum Gasteiger partial charge on any atom is 0.0798 e. The van der Waals surface area contributed by atoms with Crippen molar-refractivity contribution in [2.24, 2.45) is 11.7 Å². The van der Waals surface area contributed by atoms with Crippen molar-refractivity contribution in [3.8, 4) is 0 Å². The summed E-state index contributed by atoms with van der Waals surface area (Å²) in [7, 11) is 0. The highest BCUT2D eigenvalue weighted by atomic mass is 35.5. The monoisotopic (exact) mass is 273 g/mol. The van der Waals surface area contributed by atoms with Crippen LogP contribution in [0.2, 0.25) is 0 Å². The molecule has 2 fully saturated rings. The van der Waals surface area contributed by atoms with Gasteiger partial charge >= 0.3 is 0 Å². The molecule has 2 heterocycles. The zero-order chi connectivity index (χ0) is 11.0. The van der Waals surface area contributed by atoms with Gasteiger partial charge in [-0.1, -0.05) is 0 Å². The molecule has 1 aromatic rings.